The minimum absolute atomic E-state index is 0.119. The molecule has 1 aliphatic rings. The molecule has 2 amide bonds. The molecule has 0 saturated carbocycles. The van der Waals surface area contributed by atoms with Gasteiger partial charge in [-0.05, 0) is 43.0 Å². The van der Waals surface area contributed by atoms with Gasteiger partial charge in [-0.25, -0.2) is 4.79 Å². The second-order valence-corrected chi connectivity index (χ2v) is 7.66. The molecule has 1 aliphatic heterocycles. The number of urea groups is 1. The van der Waals surface area contributed by atoms with Crippen LogP contribution in [0.5, 0.6) is 0 Å². The number of carbonyl (C=O) groups is 1. The van der Waals surface area contributed by atoms with Crippen LogP contribution in [0.2, 0.25) is 5.28 Å². The van der Waals surface area contributed by atoms with Crippen molar-refractivity contribution in [2.75, 3.05) is 18.0 Å². The maximum atomic E-state index is 13.1. The summed E-state index contributed by atoms with van der Waals surface area (Å²) in [5.41, 5.74) is 1.93. The highest BCUT2D eigenvalue weighted by Gasteiger charge is 2.35. The number of pyridine rings is 1. The van der Waals surface area contributed by atoms with Gasteiger partial charge < -0.3 is 9.51 Å². The lowest BCUT2D eigenvalue weighted by atomic mass is 10.1. The zero-order valence-corrected chi connectivity index (χ0v) is 18.1. The van der Waals surface area contributed by atoms with Gasteiger partial charge in [-0.1, -0.05) is 31.1 Å². The van der Waals surface area contributed by atoms with Crippen molar-refractivity contribution in [3.05, 3.63) is 47.8 Å². The van der Waals surface area contributed by atoms with Gasteiger partial charge in [0, 0.05) is 25.7 Å². The largest absolute Gasteiger partial charge is 0.332 e. The van der Waals surface area contributed by atoms with Crippen molar-refractivity contribution in [2.24, 2.45) is 0 Å². The van der Waals surface area contributed by atoms with E-state index in [4.69, 9.17) is 16.1 Å². The SMILES string of the molecule is C=C1c2[nH]c(Cl)nc2N(CCCC)C(=O)N1CCCCc1noc(-c2ccccn2)n1. The summed E-state index contributed by atoms with van der Waals surface area (Å²) in [5.74, 6) is 1.58. The number of aromatic amines is 1. The van der Waals surface area contributed by atoms with E-state index in [2.05, 4.69) is 38.6 Å². The van der Waals surface area contributed by atoms with Crippen molar-refractivity contribution in [2.45, 2.75) is 39.0 Å². The molecule has 0 unspecified atom stereocenters. The maximum Gasteiger partial charge on any atom is 0.330 e. The second kappa shape index (κ2) is 9.30. The molecule has 4 heterocycles. The zero-order chi connectivity index (χ0) is 21.8. The highest BCUT2D eigenvalue weighted by molar-refractivity contribution is 6.28. The Hall–Kier alpha value is -3.20. The predicted molar refractivity (Wildman–Crippen MR) is 117 cm³/mol. The fourth-order valence-corrected chi connectivity index (χ4v) is 3.64. The number of nitrogens with zero attached hydrogens (tertiary/aromatic N) is 6. The maximum absolute atomic E-state index is 13.1. The van der Waals surface area contributed by atoms with Gasteiger partial charge in [-0.2, -0.15) is 9.97 Å². The Morgan fingerprint density at radius 2 is 2.00 bits per heavy atom. The average Bonchev–Trinajstić information content (AvgIpc) is 3.40. The lowest BCUT2D eigenvalue weighted by molar-refractivity contribution is 0.222. The van der Waals surface area contributed by atoms with E-state index >= 15 is 0 Å². The number of amides is 2. The number of anilines is 1. The zero-order valence-electron chi connectivity index (χ0n) is 17.3. The van der Waals surface area contributed by atoms with Gasteiger partial charge in [0.25, 0.3) is 5.89 Å². The summed E-state index contributed by atoms with van der Waals surface area (Å²) in [4.78, 5) is 32.4. The number of H-pyrrole nitrogens is 1. The van der Waals surface area contributed by atoms with Crippen LogP contribution in [0.15, 0.2) is 35.5 Å². The topological polar surface area (TPSA) is 104 Å². The molecule has 162 valence electrons. The molecule has 9 nitrogen and oxygen atoms in total. The van der Waals surface area contributed by atoms with Crippen molar-refractivity contribution >= 4 is 29.1 Å². The van der Waals surface area contributed by atoms with Crippen molar-refractivity contribution in [3.8, 4) is 11.6 Å². The number of carbonyl (C=O) groups excluding carboxylic acids is 1. The molecule has 0 atom stereocenters. The minimum Gasteiger partial charge on any atom is -0.332 e. The third-order valence-corrected chi connectivity index (χ3v) is 5.29. The molecule has 31 heavy (non-hydrogen) atoms. The van der Waals surface area contributed by atoms with Crippen LogP contribution < -0.4 is 4.90 Å². The number of nitrogens with one attached hydrogen (secondary N) is 1. The van der Waals surface area contributed by atoms with Gasteiger partial charge in [0.15, 0.2) is 11.6 Å². The van der Waals surface area contributed by atoms with E-state index in [9.17, 15) is 4.79 Å². The third kappa shape index (κ3) is 4.46. The number of unbranched alkanes of at least 4 members (excludes halogenated alkanes) is 2. The van der Waals surface area contributed by atoms with E-state index in [-0.39, 0.29) is 11.3 Å². The first-order chi connectivity index (χ1) is 15.1. The van der Waals surface area contributed by atoms with Crippen molar-refractivity contribution < 1.29 is 9.32 Å². The Bertz CT molecular complexity index is 1060. The first-order valence-corrected chi connectivity index (χ1v) is 10.7. The molecule has 10 heteroatoms. The molecule has 3 aromatic rings. The van der Waals surface area contributed by atoms with Crippen LogP contribution in [0.25, 0.3) is 17.3 Å². The molecule has 0 aromatic carbocycles. The average molecular weight is 442 g/mol. The summed E-state index contributed by atoms with van der Waals surface area (Å²) in [6.45, 7) is 7.29. The van der Waals surface area contributed by atoms with Gasteiger partial charge in [-0.3, -0.25) is 14.8 Å². The first-order valence-electron chi connectivity index (χ1n) is 10.4. The third-order valence-electron chi connectivity index (χ3n) is 5.11. The Morgan fingerprint density at radius 3 is 2.77 bits per heavy atom. The van der Waals surface area contributed by atoms with Crippen LogP contribution in [-0.4, -0.2) is 49.1 Å². The lowest BCUT2D eigenvalue weighted by Crippen LogP contribution is -2.47. The molecule has 0 saturated heterocycles. The summed E-state index contributed by atoms with van der Waals surface area (Å²) >= 11 is 6.06. The Balaban J connectivity index is 1.36. The molecular formula is C21H24ClN7O2. The fourth-order valence-electron chi connectivity index (χ4n) is 3.47. The van der Waals surface area contributed by atoms with Crippen LogP contribution in [0.3, 0.4) is 0 Å². The highest BCUT2D eigenvalue weighted by atomic mass is 35.5. The molecule has 0 aliphatic carbocycles. The Morgan fingerprint density at radius 1 is 1.16 bits per heavy atom. The highest BCUT2D eigenvalue weighted by Crippen LogP contribution is 2.34. The molecule has 0 spiro atoms. The lowest BCUT2D eigenvalue weighted by Gasteiger charge is -2.35. The Kier molecular flexibility index (Phi) is 6.31. The molecule has 3 aromatic heterocycles. The Labute approximate surface area is 185 Å². The van der Waals surface area contributed by atoms with Gasteiger partial charge in [0.2, 0.25) is 5.28 Å². The molecule has 1 N–H and O–H groups in total. The summed E-state index contributed by atoms with van der Waals surface area (Å²) in [7, 11) is 0. The van der Waals surface area contributed by atoms with E-state index in [1.165, 1.54) is 0 Å². The molecule has 0 fully saturated rings. The van der Waals surface area contributed by atoms with Gasteiger partial charge in [-0.15, -0.1) is 0 Å². The van der Waals surface area contributed by atoms with E-state index in [0.29, 0.717) is 54.1 Å². The van der Waals surface area contributed by atoms with Crippen molar-refractivity contribution in [3.63, 3.8) is 0 Å². The standard InChI is InChI=1S/C21H24ClN7O2/c1-3-4-12-29-18-17(25-20(22)26-18)14(2)28(21(29)30)13-8-6-10-16-24-19(31-27-16)15-9-5-7-11-23-15/h5,7,9,11H,2-4,6,8,10,12-13H2,1H3,(H,25,26). The van der Waals surface area contributed by atoms with Crippen molar-refractivity contribution in [1.29, 1.82) is 0 Å². The quantitative estimate of drug-likeness (QED) is 0.488. The summed E-state index contributed by atoms with van der Waals surface area (Å²) in [6, 6.07) is 5.41. The van der Waals surface area contributed by atoms with E-state index < -0.39 is 0 Å². The van der Waals surface area contributed by atoms with Crippen LogP contribution in [0.1, 0.15) is 44.1 Å². The van der Waals surface area contributed by atoms with Crippen molar-refractivity contribution in [1.82, 2.24) is 30.0 Å². The molecular weight excluding hydrogens is 418 g/mol. The first kappa shape index (κ1) is 21.0. The van der Waals surface area contributed by atoms with Gasteiger partial charge >= 0.3 is 6.03 Å². The number of aromatic nitrogens is 5. The summed E-state index contributed by atoms with van der Waals surface area (Å²) in [5, 5.41) is 4.28. The molecule has 0 bridgehead atoms. The summed E-state index contributed by atoms with van der Waals surface area (Å²) < 4.78 is 5.29. The van der Waals surface area contributed by atoms with Gasteiger partial charge in [0.05, 0.1) is 5.70 Å². The monoisotopic (exact) mass is 441 g/mol. The van der Waals surface area contributed by atoms with E-state index in [1.54, 1.807) is 16.0 Å². The molecule has 4 rings (SSSR count). The number of rotatable bonds is 9. The van der Waals surface area contributed by atoms with Gasteiger partial charge in [0.1, 0.15) is 11.4 Å². The second-order valence-electron chi connectivity index (χ2n) is 7.30. The normalized spacial score (nSPS) is 13.7. The fraction of sp³-hybridized carbons (Fsp3) is 0.381. The number of hydrogen-bond acceptors (Lipinski definition) is 6. The smallest absolute Gasteiger partial charge is 0.330 e. The van der Waals surface area contributed by atoms with E-state index in [1.807, 2.05) is 18.2 Å². The predicted octanol–water partition coefficient (Wildman–Crippen LogP) is 4.54. The van der Waals surface area contributed by atoms with E-state index in [0.717, 1.165) is 25.7 Å². The van der Waals surface area contributed by atoms with Crippen LogP contribution in [0, 0.1) is 0 Å². The summed E-state index contributed by atoms with van der Waals surface area (Å²) in [6.07, 6.45) is 5.74. The number of hydrogen-bond donors (Lipinski definition) is 1. The van der Waals surface area contributed by atoms with Crippen LogP contribution in [-0.2, 0) is 6.42 Å². The van der Waals surface area contributed by atoms with Crippen LogP contribution >= 0.6 is 11.6 Å². The minimum atomic E-state index is -0.119. The number of imidazole rings is 1. The number of aryl methyl sites for hydroxylation is 1. The number of fused-ring (bicyclic) bond motifs is 1. The number of halogens is 1. The van der Waals surface area contributed by atoms with Crippen LogP contribution in [0.4, 0.5) is 10.6 Å². The molecule has 0 radical (unpaired) electrons.